The average Bonchev–Trinajstić information content (AvgIpc) is 3.10. The third-order valence-corrected chi connectivity index (χ3v) is 5.06. The molecule has 1 aromatic carbocycles. The molecule has 132 valence electrons. The molecule has 2 aromatic rings. The van der Waals surface area contributed by atoms with E-state index < -0.39 is 17.9 Å². The van der Waals surface area contributed by atoms with Gasteiger partial charge in [-0.15, -0.1) is 0 Å². The summed E-state index contributed by atoms with van der Waals surface area (Å²) in [6.07, 6.45) is 0.478. The number of anilines is 1. The second kappa shape index (κ2) is 6.35. The molecular formula is C19H23N3O3. The van der Waals surface area contributed by atoms with Gasteiger partial charge in [-0.25, -0.2) is 4.79 Å². The van der Waals surface area contributed by atoms with Crippen LogP contribution in [0, 0.1) is 13.8 Å². The van der Waals surface area contributed by atoms with E-state index in [1.165, 1.54) is 7.11 Å². The maximum atomic E-state index is 13.3. The number of carbonyl (C=O) groups is 2. The molecule has 6 heteroatoms. The first-order valence-electron chi connectivity index (χ1n) is 8.35. The van der Waals surface area contributed by atoms with E-state index in [-0.39, 0.29) is 5.91 Å². The van der Waals surface area contributed by atoms with E-state index >= 15 is 0 Å². The molecular weight excluding hydrogens is 318 g/mol. The number of benzene rings is 1. The van der Waals surface area contributed by atoms with E-state index in [9.17, 15) is 9.59 Å². The Labute approximate surface area is 147 Å². The van der Waals surface area contributed by atoms with Gasteiger partial charge in [0.1, 0.15) is 6.04 Å². The molecule has 6 nitrogen and oxygen atoms in total. The summed E-state index contributed by atoms with van der Waals surface area (Å²) in [4.78, 5) is 27.2. The summed E-state index contributed by atoms with van der Waals surface area (Å²) >= 11 is 0. The molecule has 1 aromatic heterocycles. The number of hydrogen-bond donors (Lipinski definition) is 0. The number of methoxy groups -OCH3 is 1. The van der Waals surface area contributed by atoms with E-state index in [4.69, 9.17) is 4.74 Å². The van der Waals surface area contributed by atoms with Crippen LogP contribution < -0.4 is 4.90 Å². The van der Waals surface area contributed by atoms with E-state index in [1.807, 2.05) is 52.1 Å². The fraction of sp³-hybridized carbons (Fsp3) is 0.421. The van der Waals surface area contributed by atoms with E-state index in [0.29, 0.717) is 6.42 Å². The summed E-state index contributed by atoms with van der Waals surface area (Å²) in [5.41, 5.74) is 4.48. The number of nitrogens with zero attached hydrogens (tertiary/aromatic N) is 3. The van der Waals surface area contributed by atoms with Crippen molar-refractivity contribution in [3.8, 4) is 0 Å². The largest absolute Gasteiger partial charge is 0.467 e. The van der Waals surface area contributed by atoms with E-state index in [1.54, 1.807) is 9.58 Å². The molecule has 2 heterocycles. The molecule has 1 aliphatic rings. The zero-order chi connectivity index (χ0) is 18.3. The predicted octanol–water partition coefficient (Wildman–Crippen LogP) is 2.27. The third-order valence-electron chi connectivity index (χ3n) is 5.06. The number of fused-ring (bicyclic) bond motifs is 1. The minimum atomic E-state index is -0.616. The lowest BCUT2D eigenvalue weighted by atomic mass is 9.97. The topological polar surface area (TPSA) is 64.4 Å². The molecule has 3 rings (SSSR count). The Morgan fingerprint density at radius 3 is 2.56 bits per heavy atom. The van der Waals surface area contributed by atoms with Crippen LogP contribution in [-0.4, -0.2) is 34.8 Å². The van der Waals surface area contributed by atoms with Gasteiger partial charge in [0.2, 0.25) is 5.91 Å². The van der Waals surface area contributed by atoms with Crippen molar-refractivity contribution in [1.82, 2.24) is 9.78 Å². The third kappa shape index (κ3) is 2.71. The highest BCUT2D eigenvalue weighted by Gasteiger charge is 2.41. The van der Waals surface area contributed by atoms with Crippen LogP contribution >= 0.6 is 0 Å². The van der Waals surface area contributed by atoms with Crippen molar-refractivity contribution >= 4 is 17.6 Å². The number of amides is 1. The SMILES string of the molecule is COC(=O)C1Cc2ccccc2N1C(=O)C(C)c1c(C)nn(C)c1C. The standard InChI is InChI=1S/C19H23N3O3/c1-11(17-12(2)20-21(4)13(17)3)18(23)22-15-9-7-6-8-14(15)10-16(22)19(24)25-5/h6-9,11,16H,10H2,1-5H3. The van der Waals surface area contributed by atoms with Crippen LogP contribution in [-0.2, 0) is 27.8 Å². The maximum absolute atomic E-state index is 13.3. The molecule has 2 atom stereocenters. The molecule has 0 aliphatic carbocycles. The van der Waals surface area contributed by atoms with Crippen LogP contribution in [0.15, 0.2) is 24.3 Å². The zero-order valence-corrected chi connectivity index (χ0v) is 15.2. The average molecular weight is 341 g/mol. The highest BCUT2D eigenvalue weighted by Crippen LogP contribution is 2.36. The number of aromatic nitrogens is 2. The highest BCUT2D eigenvalue weighted by atomic mass is 16.5. The minimum absolute atomic E-state index is 0.112. The summed E-state index contributed by atoms with van der Waals surface area (Å²) in [6, 6.07) is 7.01. The van der Waals surface area contributed by atoms with Crippen LogP contribution in [0.25, 0.3) is 0 Å². The normalized spacial score (nSPS) is 17.3. The van der Waals surface area contributed by atoms with Gasteiger partial charge in [-0.05, 0) is 32.4 Å². The quantitative estimate of drug-likeness (QED) is 0.804. The Balaban J connectivity index is 2.02. The molecule has 1 aliphatic heterocycles. The summed E-state index contributed by atoms with van der Waals surface area (Å²) in [6.45, 7) is 5.73. The van der Waals surface area contributed by atoms with Gasteiger partial charge in [0, 0.05) is 30.4 Å². The lowest BCUT2D eigenvalue weighted by molar-refractivity contribution is -0.143. The van der Waals surface area contributed by atoms with Gasteiger partial charge in [-0.3, -0.25) is 14.4 Å². The maximum Gasteiger partial charge on any atom is 0.329 e. The lowest BCUT2D eigenvalue weighted by Gasteiger charge is -2.27. The van der Waals surface area contributed by atoms with Crippen molar-refractivity contribution in [2.45, 2.75) is 39.2 Å². The van der Waals surface area contributed by atoms with Crippen LogP contribution in [0.1, 0.15) is 35.4 Å². The van der Waals surface area contributed by atoms with Gasteiger partial charge in [-0.1, -0.05) is 18.2 Å². The molecule has 0 spiro atoms. The second-order valence-corrected chi connectivity index (χ2v) is 6.51. The number of aryl methyl sites for hydroxylation is 2. The number of ether oxygens (including phenoxy) is 1. The first-order valence-corrected chi connectivity index (χ1v) is 8.35. The van der Waals surface area contributed by atoms with Gasteiger partial charge >= 0.3 is 5.97 Å². The van der Waals surface area contributed by atoms with Gasteiger partial charge < -0.3 is 4.74 Å². The van der Waals surface area contributed by atoms with Crippen molar-refractivity contribution in [2.75, 3.05) is 12.0 Å². The molecule has 0 radical (unpaired) electrons. The molecule has 25 heavy (non-hydrogen) atoms. The first-order chi connectivity index (χ1) is 11.9. The Hall–Kier alpha value is -2.63. The molecule has 0 saturated heterocycles. The van der Waals surface area contributed by atoms with Gasteiger partial charge in [0.25, 0.3) is 0 Å². The molecule has 0 fully saturated rings. The lowest BCUT2D eigenvalue weighted by Crippen LogP contribution is -2.45. The van der Waals surface area contributed by atoms with Crippen LogP contribution in [0.5, 0.6) is 0 Å². The summed E-state index contributed by atoms with van der Waals surface area (Å²) in [5.74, 6) is -0.900. The molecule has 0 N–H and O–H groups in total. The number of esters is 1. The Morgan fingerprint density at radius 1 is 1.28 bits per heavy atom. The van der Waals surface area contributed by atoms with Crippen LogP contribution in [0.4, 0.5) is 5.69 Å². The molecule has 0 saturated carbocycles. The van der Waals surface area contributed by atoms with Crippen molar-refractivity contribution in [3.63, 3.8) is 0 Å². The van der Waals surface area contributed by atoms with Crippen molar-refractivity contribution in [3.05, 3.63) is 46.8 Å². The number of rotatable bonds is 3. The van der Waals surface area contributed by atoms with Crippen molar-refractivity contribution < 1.29 is 14.3 Å². The molecule has 0 bridgehead atoms. The smallest absolute Gasteiger partial charge is 0.329 e. The number of hydrogen-bond acceptors (Lipinski definition) is 4. The summed E-state index contributed by atoms with van der Waals surface area (Å²) in [7, 11) is 3.22. The minimum Gasteiger partial charge on any atom is -0.467 e. The molecule has 2 unspecified atom stereocenters. The first kappa shape index (κ1) is 17.2. The Kier molecular flexibility index (Phi) is 4.37. The van der Waals surface area contributed by atoms with E-state index in [0.717, 1.165) is 28.2 Å². The second-order valence-electron chi connectivity index (χ2n) is 6.51. The number of para-hydroxylation sites is 1. The predicted molar refractivity (Wildman–Crippen MR) is 94.5 cm³/mol. The summed E-state index contributed by atoms with van der Waals surface area (Å²) in [5, 5.41) is 4.41. The number of carbonyl (C=O) groups excluding carboxylic acids is 2. The fourth-order valence-electron chi connectivity index (χ4n) is 3.73. The van der Waals surface area contributed by atoms with Gasteiger partial charge in [0.05, 0.1) is 18.7 Å². The molecule has 1 amide bonds. The zero-order valence-electron chi connectivity index (χ0n) is 15.2. The Bertz CT molecular complexity index is 840. The fourth-order valence-corrected chi connectivity index (χ4v) is 3.73. The highest BCUT2D eigenvalue weighted by molar-refractivity contribution is 6.05. The van der Waals surface area contributed by atoms with Gasteiger partial charge in [-0.2, -0.15) is 5.10 Å². The van der Waals surface area contributed by atoms with Crippen LogP contribution in [0.3, 0.4) is 0 Å². The van der Waals surface area contributed by atoms with Crippen LogP contribution in [0.2, 0.25) is 0 Å². The van der Waals surface area contributed by atoms with Gasteiger partial charge in [0.15, 0.2) is 0 Å². The monoisotopic (exact) mass is 341 g/mol. The Morgan fingerprint density at radius 2 is 1.96 bits per heavy atom. The van der Waals surface area contributed by atoms with Crippen molar-refractivity contribution in [1.29, 1.82) is 0 Å². The van der Waals surface area contributed by atoms with Crippen molar-refractivity contribution in [2.24, 2.45) is 7.05 Å². The van der Waals surface area contributed by atoms with E-state index in [2.05, 4.69) is 5.10 Å². The summed E-state index contributed by atoms with van der Waals surface area (Å²) < 4.78 is 6.72.